The van der Waals surface area contributed by atoms with E-state index in [0.29, 0.717) is 0 Å². The SMILES string of the molecule is COc1ccc(OC2=C(F)C(Cl)(OC)C(Cl)=CC2O)cc1F. The molecular formula is C14H12Cl2F2O4. The maximum absolute atomic E-state index is 14.4. The number of hydrogen-bond donors (Lipinski definition) is 1. The Morgan fingerprint density at radius 3 is 2.50 bits per heavy atom. The summed E-state index contributed by atoms with van der Waals surface area (Å²) in [7, 11) is 2.45. The van der Waals surface area contributed by atoms with Crippen LogP contribution < -0.4 is 9.47 Å². The monoisotopic (exact) mass is 352 g/mol. The first kappa shape index (κ1) is 17.0. The molecule has 2 rings (SSSR count). The zero-order valence-electron chi connectivity index (χ0n) is 11.6. The fraction of sp³-hybridized carbons (Fsp3) is 0.286. The number of rotatable bonds is 4. The fourth-order valence-corrected chi connectivity index (χ4v) is 2.28. The molecule has 120 valence electrons. The smallest absolute Gasteiger partial charge is 0.233 e. The highest BCUT2D eigenvalue weighted by Gasteiger charge is 2.45. The maximum atomic E-state index is 14.4. The van der Waals surface area contributed by atoms with Gasteiger partial charge in [-0.15, -0.1) is 0 Å². The van der Waals surface area contributed by atoms with Gasteiger partial charge in [0.05, 0.1) is 12.1 Å². The molecule has 0 saturated heterocycles. The Kier molecular flexibility index (Phi) is 4.97. The van der Waals surface area contributed by atoms with Crippen molar-refractivity contribution < 1.29 is 28.1 Å². The summed E-state index contributed by atoms with van der Waals surface area (Å²) in [4.78, 5) is 0. The lowest BCUT2D eigenvalue weighted by Crippen LogP contribution is -2.34. The molecule has 1 aliphatic rings. The molecule has 0 saturated carbocycles. The van der Waals surface area contributed by atoms with Gasteiger partial charge in [0.1, 0.15) is 11.9 Å². The number of aliphatic hydroxyl groups is 1. The summed E-state index contributed by atoms with van der Waals surface area (Å²) >= 11 is 11.7. The van der Waals surface area contributed by atoms with Gasteiger partial charge >= 0.3 is 0 Å². The number of ether oxygens (including phenoxy) is 3. The van der Waals surface area contributed by atoms with Crippen molar-refractivity contribution in [1.29, 1.82) is 0 Å². The van der Waals surface area contributed by atoms with Crippen LogP contribution in [0.4, 0.5) is 8.78 Å². The van der Waals surface area contributed by atoms with Crippen LogP contribution in [0.15, 0.2) is 40.9 Å². The first-order chi connectivity index (χ1) is 10.3. The minimum Gasteiger partial charge on any atom is -0.494 e. The molecule has 0 spiro atoms. The fourth-order valence-electron chi connectivity index (χ4n) is 1.84. The highest BCUT2D eigenvalue weighted by Crippen LogP contribution is 2.43. The summed E-state index contributed by atoms with van der Waals surface area (Å²) < 4.78 is 42.8. The Bertz CT molecular complexity index is 648. The molecule has 1 aliphatic carbocycles. The average molecular weight is 353 g/mol. The van der Waals surface area contributed by atoms with Gasteiger partial charge in [-0.25, -0.2) is 8.78 Å². The lowest BCUT2D eigenvalue weighted by Gasteiger charge is -2.30. The van der Waals surface area contributed by atoms with Gasteiger partial charge in [-0.2, -0.15) is 0 Å². The number of hydrogen-bond acceptors (Lipinski definition) is 4. The molecule has 4 nitrogen and oxygen atoms in total. The average Bonchev–Trinajstić information content (AvgIpc) is 2.49. The van der Waals surface area contributed by atoms with Gasteiger partial charge in [0.15, 0.2) is 23.2 Å². The van der Waals surface area contributed by atoms with Crippen LogP contribution in [0.25, 0.3) is 0 Å². The summed E-state index contributed by atoms with van der Waals surface area (Å²) in [5.41, 5.74) is 0. The maximum Gasteiger partial charge on any atom is 0.233 e. The van der Waals surface area contributed by atoms with E-state index in [2.05, 4.69) is 0 Å². The predicted octanol–water partition coefficient (Wildman–Crippen LogP) is 3.47. The Hall–Kier alpha value is -1.34. The zero-order valence-corrected chi connectivity index (χ0v) is 13.1. The van der Waals surface area contributed by atoms with Gasteiger partial charge in [0.2, 0.25) is 5.06 Å². The molecule has 8 heteroatoms. The van der Waals surface area contributed by atoms with Gasteiger partial charge in [-0.3, -0.25) is 0 Å². The van der Waals surface area contributed by atoms with Gasteiger partial charge < -0.3 is 19.3 Å². The lowest BCUT2D eigenvalue weighted by molar-refractivity contribution is 0.0869. The Balaban J connectivity index is 2.37. The molecule has 0 amide bonds. The summed E-state index contributed by atoms with van der Waals surface area (Å²) in [6.45, 7) is 0. The Morgan fingerprint density at radius 1 is 1.27 bits per heavy atom. The second-order valence-electron chi connectivity index (χ2n) is 4.34. The third-order valence-corrected chi connectivity index (χ3v) is 4.02. The summed E-state index contributed by atoms with van der Waals surface area (Å²) in [6, 6.07) is 3.62. The molecule has 2 atom stereocenters. The second-order valence-corrected chi connectivity index (χ2v) is 5.27. The molecule has 2 unspecified atom stereocenters. The van der Waals surface area contributed by atoms with E-state index in [1.54, 1.807) is 0 Å². The van der Waals surface area contributed by atoms with Crippen molar-refractivity contribution in [3.8, 4) is 11.5 Å². The van der Waals surface area contributed by atoms with Gasteiger partial charge in [0, 0.05) is 13.2 Å². The van der Waals surface area contributed by atoms with E-state index in [4.69, 9.17) is 37.4 Å². The van der Waals surface area contributed by atoms with Crippen molar-refractivity contribution >= 4 is 23.2 Å². The van der Waals surface area contributed by atoms with Crippen LogP contribution in [-0.2, 0) is 4.74 Å². The zero-order chi connectivity index (χ0) is 16.5. The van der Waals surface area contributed by atoms with Gasteiger partial charge in [-0.1, -0.05) is 23.2 Å². The predicted molar refractivity (Wildman–Crippen MR) is 77.2 cm³/mol. The molecule has 0 radical (unpaired) electrons. The van der Waals surface area contributed by atoms with E-state index >= 15 is 0 Å². The van der Waals surface area contributed by atoms with Crippen LogP contribution in [0.3, 0.4) is 0 Å². The quantitative estimate of drug-likeness (QED) is 0.843. The molecular weight excluding hydrogens is 341 g/mol. The molecule has 0 heterocycles. The molecule has 22 heavy (non-hydrogen) atoms. The molecule has 1 N–H and O–H groups in total. The van der Waals surface area contributed by atoms with Gasteiger partial charge in [-0.05, 0) is 18.2 Å². The Morgan fingerprint density at radius 2 is 1.95 bits per heavy atom. The molecule has 0 fully saturated rings. The third kappa shape index (κ3) is 2.92. The van der Waals surface area contributed by atoms with E-state index in [1.165, 1.54) is 19.2 Å². The number of halogens is 4. The second kappa shape index (κ2) is 6.42. The third-order valence-electron chi connectivity index (χ3n) is 3.01. The van der Waals surface area contributed by atoms with E-state index in [9.17, 15) is 13.9 Å². The summed E-state index contributed by atoms with van der Waals surface area (Å²) in [5, 5.41) is 7.53. The first-order valence-electron chi connectivity index (χ1n) is 6.05. The number of benzene rings is 1. The van der Waals surface area contributed by atoms with Crippen molar-refractivity contribution in [2.75, 3.05) is 14.2 Å². The van der Waals surface area contributed by atoms with Crippen molar-refractivity contribution in [3.63, 3.8) is 0 Å². The summed E-state index contributed by atoms with van der Waals surface area (Å²) in [6.07, 6.45) is -0.421. The molecule has 0 aliphatic heterocycles. The van der Waals surface area contributed by atoms with Gasteiger partial charge in [0.25, 0.3) is 0 Å². The van der Waals surface area contributed by atoms with Crippen LogP contribution in [0, 0.1) is 5.82 Å². The standard InChI is InChI=1S/C14H12Cl2F2O4/c1-20-10-4-3-7(5-8(10)17)22-12-9(19)6-11(15)14(16,21-2)13(12)18/h3-6,9,19H,1-2H3. The number of methoxy groups -OCH3 is 2. The van der Waals surface area contributed by atoms with Crippen LogP contribution in [-0.4, -0.2) is 30.5 Å². The summed E-state index contributed by atoms with van der Waals surface area (Å²) in [5.74, 6) is -2.41. The van der Waals surface area contributed by atoms with Crippen molar-refractivity contribution in [3.05, 3.63) is 46.7 Å². The molecule has 1 aromatic rings. The molecule has 0 aromatic heterocycles. The first-order valence-corrected chi connectivity index (χ1v) is 6.80. The lowest BCUT2D eigenvalue weighted by atomic mass is 10.1. The van der Waals surface area contributed by atoms with E-state index in [0.717, 1.165) is 19.3 Å². The van der Waals surface area contributed by atoms with Crippen molar-refractivity contribution in [2.45, 2.75) is 11.2 Å². The van der Waals surface area contributed by atoms with Crippen molar-refractivity contribution in [1.82, 2.24) is 0 Å². The minimum absolute atomic E-state index is 0.00230. The van der Waals surface area contributed by atoms with Crippen LogP contribution >= 0.6 is 23.2 Å². The van der Waals surface area contributed by atoms with Crippen LogP contribution in [0.5, 0.6) is 11.5 Å². The van der Waals surface area contributed by atoms with E-state index < -0.39 is 28.6 Å². The highest BCUT2D eigenvalue weighted by molar-refractivity contribution is 6.40. The largest absolute Gasteiger partial charge is 0.494 e. The van der Waals surface area contributed by atoms with Crippen molar-refractivity contribution in [2.24, 2.45) is 0 Å². The van der Waals surface area contributed by atoms with Crippen LogP contribution in [0.2, 0.25) is 0 Å². The molecule has 0 bridgehead atoms. The van der Waals surface area contributed by atoms with E-state index in [1.807, 2.05) is 0 Å². The topological polar surface area (TPSA) is 47.9 Å². The van der Waals surface area contributed by atoms with Crippen LogP contribution in [0.1, 0.15) is 0 Å². The highest BCUT2D eigenvalue weighted by atomic mass is 35.5. The minimum atomic E-state index is -2.08. The molecule has 1 aromatic carbocycles. The number of alkyl halides is 1. The normalized spacial score (nSPS) is 25.0. The van der Waals surface area contributed by atoms with E-state index in [-0.39, 0.29) is 16.5 Å². The Labute approximate surface area is 135 Å². The number of aliphatic hydroxyl groups excluding tert-OH is 1.